The first-order valence-electron chi connectivity index (χ1n) is 7.50. The number of rotatable bonds is 1. The third-order valence-corrected chi connectivity index (χ3v) is 6.54. The number of para-hydroxylation sites is 1. The Morgan fingerprint density at radius 2 is 1.59 bits per heavy atom. The second-order valence-corrected chi connectivity index (χ2v) is 12.3. The Balaban J connectivity index is 2.35. The maximum atomic E-state index is 6.36. The van der Waals surface area contributed by atoms with Gasteiger partial charge < -0.3 is 4.42 Å². The van der Waals surface area contributed by atoms with Crippen molar-refractivity contribution in [2.75, 3.05) is 0 Å². The predicted octanol–water partition coefficient (Wildman–Crippen LogP) is 5.94. The monoisotopic (exact) mass is 324 g/mol. The molecule has 1 heterocycles. The molecule has 0 atom stereocenters. The van der Waals surface area contributed by atoms with E-state index in [1.54, 1.807) is 0 Å². The van der Waals surface area contributed by atoms with Crippen LogP contribution in [-0.4, -0.2) is 8.07 Å². The van der Waals surface area contributed by atoms with Crippen molar-refractivity contribution in [1.29, 1.82) is 0 Å². The average Bonchev–Trinajstić information content (AvgIpc) is 2.86. The molecule has 1 aromatic heterocycles. The Kier molecular flexibility index (Phi) is 2.90. The van der Waals surface area contributed by atoms with Gasteiger partial charge in [-0.15, -0.1) is 0 Å². The summed E-state index contributed by atoms with van der Waals surface area (Å²) in [7, 11) is -1.53. The molecule has 0 amide bonds. The van der Waals surface area contributed by atoms with Gasteiger partial charge in [-0.05, 0) is 22.0 Å². The van der Waals surface area contributed by atoms with E-state index in [0.717, 1.165) is 16.6 Å². The van der Waals surface area contributed by atoms with Crippen molar-refractivity contribution in [3.63, 3.8) is 0 Å². The normalized spacial score (nSPS) is 12.5. The zero-order valence-electron chi connectivity index (χ0n) is 12.9. The SMILES string of the molecule is C[Si](C)(C)c1cc2ccccc2c2c1oc1c(Cl)cccc12. The van der Waals surface area contributed by atoms with E-state index in [4.69, 9.17) is 16.0 Å². The first-order chi connectivity index (χ1) is 10.5. The molecule has 4 rings (SSSR count). The molecular weight excluding hydrogens is 308 g/mol. The van der Waals surface area contributed by atoms with Gasteiger partial charge in [0.05, 0.1) is 13.1 Å². The number of hydrogen-bond acceptors (Lipinski definition) is 1. The molecule has 0 saturated carbocycles. The largest absolute Gasteiger partial charge is 0.455 e. The molecule has 0 spiro atoms. The minimum absolute atomic E-state index is 0.680. The van der Waals surface area contributed by atoms with Gasteiger partial charge in [0.25, 0.3) is 0 Å². The first-order valence-corrected chi connectivity index (χ1v) is 11.4. The van der Waals surface area contributed by atoms with Crippen molar-refractivity contribution in [3.05, 3.63) is 53.6 Å². The Morgan fingerprint density at radius 3 is 2.36 bits per heavy atom. The summed E-state index contributed by atoms with van der Waals surface area (Å²) < 4.78 is 6.25. The van der Waals surface area contributed by atoms with E-state index in [0.29, 0.717) is 5.02 Å². The zero-order valence-corrected chi connectivity index (χ0v) is 14.7. The highest BCUT2D eigenvalue weighted by Gasteiger charge is 2.24. The number of benzene rings is 3. The molecule has 0 aliphatic heterocycles. The molecule has 0 aliphatic rings. The fourth-order valence-electron chi connectivity index (χ4n) is 3.17. The summed E-state index contributed by atoms with van der Waals surface area (Å²) in [5.74, 6) is 0. The van der Waals surface area contributed by atoms with Crippen molar-refractivity contribution in [2.24, 2.45) is 0 Å². The van der Waals surface area contributed by atoms with Gasteiger partial charge in [-0.2, -0.15) is 0 Å². The minimum atomic E-state index is -1.53. The Hall–Kier alpha value is -1.77. The first kappa shape index (κ1) is 13.9. The van der Waals surface area contributed by atoms with Gasteiger partial charge in [0, 0.05) is 10.8 Å². The third-order valence-electron chi connectivity index (χ3n) is 4.25. The van der Waals surface area contributed by atoms with Crippen molar-refractivity contribution < 1.29 is 4.42 Å². The molecule has 4 aromatic rings. The minimum Gasteiger partial charge on any atom is -0.455 e. The average molecular weight is 325 g/mol. The Bertz CT molecular complexity index is 1020. The molecule has 0 bridgehead atoms. The highest BCUT2D eigenvalue weighted by molar-refractivity contribution is 6.90. The lowest BCUT2D eigenvalue weighted by molar-refractivity contribution is 0.671. The summed E-state index contributed by atoms with van der Waals surface area (Å²) in [6.07, 6.45) is 0. The number of halogens is 1. The van der Waals surface area contributed by atoms with Crippen LogP contribution in [0.15, 0.2) is 52.9 Å². The van der Waals surface area contributed by atoms with Crippen LogP contribution in [0, 0.1) is 0 Å². The van der Waals surface area contributed by atoms with Crippen LogP contribution in [0.1, 0.15) is 0 Å². The van der Waals surface area contributed by atoms with Gasteiger partial charge in [0.15, 0.2) is 5.58 Å². The maximum Gasteiger partial charge on any atom is 0.154 e. The lowest BCUT2D eigenvalue weighted by atomic mass is 10.0. The molecule has 3 aromatic carbocycles. The van der Waals surface area contributed by atoms with Crippen LogP contribution in [0.3, 0.4) is 0 Å². The van der Waals surface area contributed by atoms with E-state index in [-0.39, 0.29) is 0 Å². The Morgan fingerprint density at radius 1 is 0.864 bits per heavy atom. The molecule has 3 heteroatoms. The van der Waals surface area contributed by atoms with E-state index < -0.39 is 8.07 Å². The fourth-order valence-corrected chi connectivity index (χ4v) is 4.83. The highest BCUT2D eigenvalue weighted by Crippen LogP contribution is 2.37. The van der Waals surface area contributed by atoms with E-state index in [9.17, 15) is 0 Å². The maximum absolute atomic E-state index is 6.36. The molecule has 0 radical (unpaired) electrons. The van der Waals surface area contributed by atoms with Gasteiger partial charge in [-0.25, -0.2) is 0 Å². The summed E-state index contributed by atoms with van der Waals surface area (Å²) in [6, 6.07) is 16.8. The molecule has 0 aliphatic carbocycles. The summed E-state index contributed by atoms with van der Waals surface area (Å²) >= 11 is 6.36. The van der Waals surface area contributed by atoms with Crippen molar-refractivity contribution in [1.82, 2.24) is 0 Å². The van der Waals surface area contributed by atoms with Gasteiger partial charge in [0.1, 0.15) is 5.58 Å². The van der Waals surface area contributed by atoms with E-state index in [1.807, 2.05) is 12.1 Å². The van der Waals surface area contributed by atoms with Crippen LogP contribution >= 0.6 is 11.6 Å². The second kappa shape index (κ2) is 4.61. The predicted molar refractivity (Wildman–Crippen MR) is 99.2 cm³/mol. The van der Waals surface area contributed by atoms with Gasteiger partial charge >= 0.3 is 0 Å². The van der Waals surface area contributed by atoms with Crippen molar-refractivity contribution in [3.8, 4) is 0 Å². The van der Waals surface area contributed by atoms with Crippen molar-refractivity contribution >= 4 is 57.6 Å². The Labute approximate surface area is 135 Å². The summed E-state index contributed by atoms with van der Waals surface area (Å²) in [5.41, 5.74) is 1.82. The molecule has 1 nitrogen and oxygen atoms in total. The highest BCUT2D eigenvalue weighted by atomic mass is 35.5. The quantitative estimate of drug-likeness (QED) is 0.395. The van der Waals surface area contributed by atoms with E-state index in [1.165, 1.54) is 21.3 Å². The van der Waals surface area contributed by atoms with Gasteiger partial charge in [-0.1, -0.05) is 73.7 Å². The molecule has 110 valence electrons. The molecule has 0 unspecified atom stereocenters. The standard InChI is InChI=1S/C19H17ClOSi/c1-22(2,3)16-11-12-7-4-5-8-13(12)17-14-9-6-10-15(20)18(14)21-19(16)17/h4-11H,1-3H3. The van der Waals surface area contributed by atoms with Gasteiger partial charge in [-0.3, -0.25) is 0 Å². The summed E-state index contributed by atoms with van der Waals surface area (Å²) in [6.45, 7) is 7.06. The smallest absolute Gasteiger partial charge is 0.154 e. The fraction of sp³-hybridized carbons (Fsp3) is 0.158. The van der Waals surface area contributed by atoms with E-state index in [2.05, 4.69) is 56.0 Å². The zero-order chi connectivity index (χ0) is 15.5. The molecule has 0 fully saturated rings. The van der Waals surface area contributed by atoms with Crippen LogP contribution in [0.5, 0.6) is 0 Å². The summed E-state index contributed by atoms with van der Waals surface area (Å²) in [5, 5.41) is 6.86. The number of fused-ring (bicyclic) bond motifs is 5. The van der Waals surface area contributed by atoms with Crippen LogP contribution in [-0.2, 0) is 0 Å². The lowest BCUT2D eigenvalue weighted by Crippen LogP contribution is -2.37. The topological polar surface area (TPSA) is 13.1 Å². The van der Waals surface area contributed by atoms with Crippen LogP contribution in [0.2, 0.25) is 24.7 Å². The van der Waals surface area contributed by atoms with Crippen LogP contribution < -0.4 is 5.19 Å². The molecular formula is C19H17ClOSi. The second-order valence-electron chi connectivity index (χ2n) is 6.82. The number of furan rings is 1. The number of hydrogen-bond donors (Lipinski definition) is 0. The molecule has 0 saturated heterocycles. The summed E-state index contributed by atoms with van der Waals surface area (Å²) in [4.78, 5) is 0. The lowest BCUT2D eigenvalue weighted by Gasteiger charge is -2.18. The molecule has 0 N–H and O–H groups in total. The molecule has 22 heavy (non-hydrogen) atoms. The van der Waals surface area contributed by atoms with Crippen LogP contribution in [0.25, 0.3) is 32.7 Å². The van der Waals surface area contributed by atoms with Crippen molar-refractivity contribution in [2.45, 2.75) is 19.6 Å². The van der Waals surface area contributed by atoms with E-state index >= 15 is 0 Å². The van der Waals surface area contributed by atoms with Gasteiger partial charge in [0.2, 0.25) is 0 Å². The van der Waals surface area contributed by atoms with Crippen LogP contribution in [0.4, 0.5) is 0 Å². The third kappa shape index (κ3) is 1.91.